The Labute approximate surface area is 138 Å². The highest BCUT2D eigenvalue weighted by molar-refractivity contribution is 5.29. The van der Waals surface area contributed by atoms with Crippen LogP contribution in [0.3, 0.4) is 0 Å². The zero-order chi connectivity index (χ0) is 16.7. The Morgan fingerprint density at radius 3 is 2.61 bits per heavy atom. The molecule has 1 heterocycles. The highest BCUT2D eigenvalue weighted by Gasteiger charge is 2.40. The molecule has 1 aromatic rings. The average Bonchev–Trinajstić information content (AvgIpc) is 2.81. The van der Waals surface area contributed by atoms with Crippen LogP contribution in [-0.2, 0) is 15.9 Å². The summed E-state index contributed by atoms with van der Waals surface area (Å²) in [7, 11) is 0. The van der Waals surface area contributed by atoms with Gasteiger partial charge in [0, 0.05) is 12.8 Å². The fraction of sp³-hybridized carbons (Fsp3) is 0.400. The highest BCUT2D eigenvalue weighted by atomic mass is 16.7. The maximum absolute atomic E-state index is 9.24. The maximum atomic E-state index is 9.24. The van der Waals surface area contributed by atoms with E-state index in [9.17, 15) is 5.11 Å². The molecule has 1 fully saturated rings. The number of ether oxygens (including phenoxy) is 2. The van der Waals surface area contributed by atoms with E-state index >= 15 is 0 Å². The summed E-state index contributed by atoms with van der Waals surface area (Å²) >= 11 is 0. The first kappa shape index (κ1) is 17.3. The minimum atomic E-state index is -0.833. The van der Waals surface area contributed by atoms with E-state index in [-0.39, 0.29) is 12.2 Å². The Hall–Kier alpha value is -2.04. The second-order valence-electron chi connectivity index (χ2n) is 5.86. The third-order valence-corrected chi connectivity index (χ3v) is 3.46. The standard InChI is InChI=1S/C20H22O3/c1-4-17(21)13-9-6-10-14-18-19(23-20(2,3)22-18)15-16-11-7-5-8-12-16/h4-5,7-8,11-12,17-19,21H,1,14-15H2,2-3H3. The van der Waals surface area contributed by atoms with Gasteiger partial charge in [-0.15, -0.1) is 0 Å². The van der Waals surface area contributed by atoms with Crippen molar-refractivity contribution in [2.75, 3.05) is 0 Å². The minimum absolute atomic E-state index is 0.0339. The van der Waals surface area contributed by atoms with E-state index in [1.54, 1.807) is 0 Å². The van der Waals surface area contributed by atoms with Crippen LogP contribution in [0.15, 0.2) is 43.0 Å². The van der Waals surface area contributed by atoms with Crippen molar-refractivity contribution in [1.82, 2.24) is 0 Å². The molecule has 3 atom stereocenters. The molecule has 0 radical (unpaired) electrons. The lowest BCUT2D eigenvalue weighted by atomic mass is 10.0. The molecule has 1 aromatic carbocycles. The van der Waals surface area contributed by atoms with Crippen molar-refractivity contribution in [1.29, 1.82) is 0 Å². The highest BCUT2D eigenvalue weighted by Crippen LogP contribution is 2.31. The first-order valence-corrected chi connectivity index (χ1v) is 7.69. The predicted octanol–water partition coefficient (Wildman–Crippen LogP) is 2.69. The summed E-state index contributed by atoms with van der Waals surface area (Å²) in [6.45, 7) is 7.28. The number of hydrogen-bond acceptors (Lipinski definition) is 3. The Morgan fingerprint density at radius 2 is 1.91 bits per heavy atom. The van der Waals surface area contributed by atoms with Gasteiger partial charge in [-0.25, -0.2) is 0 Å². The molecule has 0 aromatic heterocycles. The van der Waals surface area contributed by atoms with E-state index in [1.807, 2.05) is 32.0 Å². The summed E-state index contributed by atoms with van der Waals surface area (Å²) in [6.07, 6.45) is 1.73. The molecule has 1 N–H and O–H groups in total. The summed E-state index contributed by atoms with van der Waals surface area (Å²) in [4.78, 5) is 0. The first-order valence-electron chi connectivity index (χ1n) is 7.69. The summed E-state index contributed by atoms with van der Waals surface area (Å²) in [5.74, 6) is 10.3. The third kappa shape index (κ3) is 5.58. The minimum Gasteiger partial charge on any atom is -0.377 e. The van der Waals surface area contributed by atoms with Gasteiger partial charge >= 0.3 is 0 Å². The van der Waals surface area contributed by atoms with E-state index in [2.05, 4.69) is 42.4 Å². The lowest BCUT2D eigenvalue weighted by molar-refractivity contribution is -0.145. The van der Waals surface area contributed by atoms with Gasteiger partial charge in [-0.3, -0.25) is 0 Å². The van der Waals surface area contributed by atoms with E-state index in [1.165, 1.54) is 11.6 Å². The molecule has 0 aliphatic carbocycles. The Balaban J connectivity index is 1.98. The Kier molecular flexibility index (Phi) is 6.02. The van der Waals surface area contributed by atoms with Gasteiger partial charge in [0.15, 0.2) is 5.79 Å². The summed E-state index contributed by atoms with van der Waals surface area (Å²) < 4.78 is 11.9. The third-order valence-electron chi connectivity index (χ3n) is 3.46. The van der Waals surface area contributed by atoms with Crippen molar-refractivity contribution in [2.45, 2.75) is 50.8 Å². The molecule has 1 aliphatic heterocycles. The van der Waals surface area contributed by atoms with E-state index in [0.29, 0.717) is 6.42 Å². The molecule has 2 rings (SSSR count). The van der Waals surface area contributed by atoms with Gasteiger partial charge in [-0.05, 0) is 31.3 Å². The predicted molar refractivity (Wildman–Crippen MR) is 90.3 cm³/mol. The summed E-state index contributed by atoms with van der Waals surface area (Å²) in [6, 6.07) is 10.2. The number of aliphatic hydroxyl groups excluding tert-OH is 1. The molecule has 3 heteroatoms. The lowest BCUT2D eigenvalue weighted by Gasteiger charge is -2.16. The van der Waals surface area contributed by atoms with Gasteiger partial charge in [0.2, 0.25) is 0 Å². The molecule has 3 nitrogen and oxygen atoms in total. The van der Waals surface area contributed by atoms with Gasteiger partial charge < -0.3 is 14.6 Å². The van der Waals surface area contributed by atoms with Crippen molar-refractivity contribution in [3.63, 3.8) is 0 Å². The quantitative estimate of drug-likeness (QED) is 0.686. The summed E-state index contributed by atoms with van der Waals surface area (Å²) in [5, 5.41) is 9.24. The maximum Gasteiger partial charge on any atom is 0.163 e. The van der Waals surface area contributed by atoms with Crippen LogP contribution in [0.25, 0.3) is 0 Å². The second-order valence-corrected chi connectivity index (χ2v) is 5.86. The van der Waals surface area contributed by atoms with Crippen LogP contribution in [0.1, 0.15) is 25.8 Å². The van der Waals surface area contributed by atoms with Crippen molar-refractivity contribution in [3.05, 3.63) is 48.6 Å². The van der Waals surface area contributed by atoms with Crippen LogP contribution in [-0.4, -0.2) is 29.2 Å². The average molecular weight is 310 g/mol. The normalized spacial score (nSPS) is 23.1. The Morgan fingerprint density at radius 1 is 1.22 bits per heavy atom. The molecule has 120 valence electrons. The lowest BCUT2D eigenvalue weighted by Crippen LogP contribution is -2.24. The van der Waals surface area contributed by atoms with Crippen LogP contribution in [0.2, 0.25) is 0 Å². The largest absolute Gasteiger partial charge is 0.377 e. The molecule has 0 saturated carbocycles. The van der Waals surface area contributed by atoms with Crippen LogP contribution < -0.4 is 0 Å². The molecule has 3 unspecified atom stereocenters. The SMILES string of the molecule is C=CC(O)C#CC#CCC1OC(C)(C)OC1Cc1ccccc1. The van der Waals surface area contributed by atoms with Gasteiger partial charge in [0.05, 0.1) is 12.2 Å². The van der Waals surface area contributed by atoms with Gasteiger partial charge in [-0.1, -0.05) is 54.8 Å². The van der Waals surface area contributed by atoms with Gasteiger partial charge in [0.1, 0.15) is 6.10 Å². The van der Waals surface area contributed by atoms with Crippen LogP contribution in [0, 0.1) is 23.7 Å². The monoisotopic (exact) mass is 310 g/mol. The van der Waals surface area contributed by atoms with Crippen molar-refractivity contribution >= 4 is 0 Å². The molecular formula is C20H22O3. The van der Waals surface area contributed by atoms with Crippen LogP contribution in [0.5, 0.6) is 0 Å². The van der Waals surface area contributed by atoms with Gasteiger partial charge in [-0.2, -0.15) is 0 Å². The number of benzene rings is 1. The zero-order valence-corrected chi connectivity index (χ0v) is 13.6. The molecule has 0 amide bonds. The number of hydrogen-bond donors (Lipinski definition) is 1. The number of rotatable bonds is 4. The molecule has 1 saturated heterocycles. The van der Waals surface area contributed by atoms with Crippen molar-refractivity contribution in [3.8, 4) is 23.7 Å². The van der Waals surface area contributed by atoms with E-state index in [4.69, 9.17) is 9.47 Å². The molecular weight excluding hydrogens is 288 g/mol. The molecule has 23 heavy (non-hydrogen) atoms. The van der Waals surface area contributed by atoms with Crippen molar-refractivity contribution in [2.24, 2.45) is 0 Å². The van der Waals surface area contributed by atoms with Crippen LogP contribution in [0.4, 0.5) is 0 Å². The number of aliphatic hydroxyl groups is 1. The second kappa shape index (κ2) is 7.99. The fourth-order valence-corrected chi connectivity index (χ4v) is 2.47. The Bertz CT molecular complexity index is 640. The topological polar surface area (TPSA) is 38.7 Å². The van der Waals surface area contributed by atoms with E-state index in [0.717, 1.165) is 6.42 Å². The molecule has 0 bridgehead atoms. The van der Waals surface area contributed by atoms with Crippen molar-refractivity contribution < 1.29 is 14.6 Å². The first-order chi connectivity index (χ1) is 11.0. The summed E-state index contributed by atoms with van der Waals surface area (Å²) in [5.41, 5.74) is 1.21. The molecule has 1 aliphatic rings. The van der Waals surface area contributed by atoms with Gasteiger partial charge in [0.25, 0.3) is 0 Å². The zero-order valence-electron chi connectivity index (χ0n) is 13.6. The molecule has 0 spiro atoms. The smallest absolute Gasteiger partial charge is 0.163 e. The fourth-order valence-electron chi connectivity index (χ4n) is 2.47. The van der Waals surface area contributed by atoms with E-state index < -0.39 is 11.9 Å². The van der Waals surface area contributed by atoms with Crippen LogP contribution >= 0.6 is 0 Å².